The van der Waals surface area contributed by atoms with Crippen LogP contribution < -0.4 is 11.0 Å². The van der Waals surface area contributed by atoms with Crippen LogP contribution in [0.4, 0.5) is 14.6 Å². The fourth-order valence-corrected chi connectivity index (χ4v) is 4.46. The third-order valence-electron chi connectivity index (χ3n) is 5.13. The fourth-order valence-electron chi connectivity index (χ4n) is 3.68. The van der Waals surface area contributed by atoms with Crippen LogP contribution in [0.25, 0.3) is 0 Å². The van der Waals surface area contributed by atoms with Gasteiger partial charge in [0.25, 0.3) is 0 Å². The van der Waals surface area contributed by atoms with Crippen LogP contribution in [0.15, 0.2) is 17.1 Å². The van der Waals surface area contributed by atoms with Gasteiger partial charge in [0.15, 0.2) is 0 Å². The lowest BCUT2D eigenvalue weighted by molar-refractivity contribution is -0.137. The van der Waals surface area contributed by atoms with Crippen molar-refractivity contribution in [3.63, 3.8) is 0 Å². The molecule has 1 aromatic rings. The van der Waals surface area contributed by atoms with Gasteiger partial charge in [0, 0.05) is 23.1 Å². The van der Waals surface area contributed by atoms with Gasteiger partial charge in [-0.05, 0) is 18.9 Å². The first-order valence-electron chi connectivity index (χ1n) is 9.98. The van der Waals surface area contributed by atoms with E-state index in [1.165, 1.54) is 6.07 Å². The average Bonchev–Trinajstić information content (AvgIpc) is 2.81. The molecule has 9 nitrogen and oxygen atoms in total. The Morgan fingerprint density at radius 3 is 2.73 bits per heavy atom. The Labute approximate surface area is 173 Å². The van der Waals surface area contributed by atoms with E-state index in [0.717, 1.165) is 19.0 Å². The molecule has 4 atom stereocenters. The first kappa shape index (κ1) is 22.9. The van der Waals surface area contributed by atoms with E-state index in [2.05, 4.69) is 10.3 Å². The summed E-state index contributed by atoms with van der Waals surface area (Å²) in [7, 11) is -2.69. The van der Waals surface area contributed by atoms with Gasteiger partial charge in [-0.3, -0.25) is 9.36 Å². The number of hydrogen-bond donors (Lipinski definition) is 1. The molecule has 0 aromatic carbocycles. The van der Waals surface area contributed by atoms with Crippen LogP contribution in [0.1, 0.15) is 52.2 Å². The molecule has 2 aliphatic heterocycles. The highest BCUT2D eigenvalue weighted by atomic mass is 31.1. The first-order chi connectivity index (χ1) is 14.3. The van der Waals surface area contributed by atoms with Crippen LogP contribution >= 0.6 is 8.25 Å². The Morgan fingerprint density at radius 2 is 2.10 bits per heavy atom. The molecule has 0 aliphatic carbocycles. The molecule has 1 N–H and O–H groups in total. The van der Waals surface area contributed by atoms with E-state index in [0.29, 0.717) is 17.4 Å². The summed E-state index contributed by atoms with van der Waals surface area (Å²) in [5.74, 6) is -4.11. The topological polar surface area (TPSA) is 109 Å². The standard InChI is InChI=1S/C18H24F2N3O6P/c1-3-5-11(6-4-2)15(24)21-13-7-9-23(17(25)22-13)16-18(19,20)14-12(28-16)8-10-27-30(26)29-14/h7,9,11-12,14,16H,3-6,8,10H2,1-2H3/p+1/t12-,14-,16-/m1/s1. The van der Waals surface area contributed by atoms with E-state index < -0.39 is 38.3 Å². The molecule has 2 fully saturated rings. The molecule has 30 heavy (non-hydrogen) atoms. The molecular formula is C18H25F2N3O6P+. The number of halogens is 2. The lowest BCUT2D eigenvalue weighted by Gasteiger charge is -2.21. The number of ether oxygens (including phenoxy) is 1. The Balaban J connectivity index is 1.78. The fraction of sp³-hybridized carbons (Fsp3) is 0.722. The van der Waals surface area contributed by atoms with Crippen molar-refractivity contribution in [3.05, 3.63) is 22.7 Å². The molecule has 12 heteroatoms. The summed E-state index contributed by atoms with van der Waals surface area (Å²) in [6, 6.07) is 1.27. The van der Waals surface area contributed by atoms with E-state index in [4.69, 9.17) is 13.8 Å². The summed E-state index contributed by atoms with van der Waals surface area (Å²) in [6.07, 6.45) is -0.632. The first-order valence-corrected chi connectivity index (χ1v) is 11.1. The molecule has 1 unspecified atom stereocenters. The number of anilines is 1. The van der Waals surface area contributed by atoms with Crippen LogP contribution in [0.5, 0.6) is 0 Å². The van der Waals surface area contributed by atoms with Crippen molar-refractivity contribution in [3.8, 4) is 0 Å². The highest BCUT2D eigenvalue weighted by Crippen LogP contribution is 2.49. The summed E-state index contributed by atoms with van der Waals surface area (Å²) >= 11 is 0. The van der Waals surface area contributed by atoms with Crippen LogP contribution in [-0.2, 0) is 23.1 Å². The largest absolute Gasteiger partial charge is 0.698 e. The maximum atomic E-state index is 14.9. The third kappa shape index (κ3) is 4.74. The number of amides is 1. The van der Waals surface area contributed by atoms with Crippen molar-refractivity contribution in [2.45, 2.75) is 70.3 Å². The normalized spacial score (nSPS) is 27.0. The summed E-state index contributed by atoms with van der Waals surface area (Å²) < 4.78 is 56.8. The van der Waals surface area contributed by atoms with Gasteiger partial charge in [0.2, 0.25) is 18.2 Å². The third-order valence-corrected chi connectivity index (χ3v) is 5.92. The van der Waals surface area contributed by atoms with Gasteiger partial charge in [-0.2, -0.15) is 13.8 Å². The van der Waals surface area contributed by atoms with Gasteiger partial charge in [-0.15, -0.1) is 9.05 Å². The van der Waals surface area contributed by atoms with E-state index >= 15 is 0 Å². The van der Waals surface area contributed by atoms with Crippen molar-refractivity contribution in [2.24, 2.45) is 5.92 Å². The lowest BCUT2D eigenvalue weighted by Crippen LogP contribution is -2.41. The minimum Gasteiger partial charge on any atom is -0.345 e. The van der Waals surface area contributed by atoms with Crippen molar-refractivity contribution in [2.75, 3.05) is 11.9 Å². The molecule has 0 spiro atoms. The predicted octanol–water partition coefficient (Wildman–Crippen LogP) is 3.39. The number of hydrogen-bond acceptors (Lipinski definition) is 7. The highest BCUT2D eigenvalue weighted by molar-refractivity contribution is 7.33. The second-order valence-electron chi connectivity index (χ2n) is 7.34. The molecule has 2 aliphatic rings. The molecular weight excluding hydrogens is 423 g/mol. The molecule has 3 heterocycles. The van der Waals surface area contributed by atoms with E-state index in [9.17, 15) is 22.9 Å². The minimum atomic E-state index is -3.63. The predicted molar refractivity (Wildman–Crippen MR) is 102 cm³/mol. The molecule has 2 saturated heterocycles. The number of aromatic nitrogens is 2. The Hall–Kier alpha value is -1.81. The Kier molecular flexibility index (Phi) is 7.28. The second-order valence-corrected chi connectivity index (χ2v) is 8.26. The summed E-state index contributed by atoms with van der Waals surface area (Å²) in [5, 5.41) is 2.58. The van der Waals surface area contributed by atoms with Gasteiger partial charge in [-0.25, -0.2) is 4.79 Å². The molecule has 0 bridgehead atoms. The maximum Gasteiger partial charge on any atom is 0.698 e. The van der Waals surface area contributed by atoms with Gasteiger partial charge in [-0.1, -0.05) is 26.7 Å². The molecule has 0 saturated carbocycles. The lowest BCUT2D eigenvalue weighted by atomic mass is 9.97. The number of fused-ring (bicyclic) bond motifs is 1. The van der Waals surface area contributed by atoms with Crippen molar-refractivity contribution >= 4 is 20.0 Å². The summed E-state index contributed by atoms with van der Waals surface area (Å²) in [5.41, 5.74) is -1.00. The molecule has 166 valence electrons. The molecule has 1 aromatic heterocycles. The summed E-state index contributed by atoms with van der Waals surface area (Å²) in [4.78, 5) is 28.6. The average molecular weight is 448 g/mol. The highest BCUT2D eigenvalue weighted by Gasteiger charge is 2.65. The number of carbonyl (C=O) groups excluding carboxylic acids is 1. The van der Waals surface area contributed by atoms with Crippen molar-refractivity contribution < 1.29 is 31.9 Å². The van der Waals surface area contributed by atoms with Crippen molar-refractivity contribution in [1.29, 1.82) is 0 Å². The van der Waals surface area contributed by atoms with Crippen LogP contribution in [-0.4, -0.2) is 40.2 Å². The zero-order valence-electron chi connectivity index (χ0n) is 16.8. The van der Waals surface area contributed by atoms with Crippen LogP contribution in [0, 0.1) is 5.92 Å². The monoisotopic (exact) mass is 448 g/mol. The quantitative estimate of drug-likeness (QED) is 0.637. The Morgan fingerprint density at radius 1 is 1.40 bits per heavy atom. The van der Waals surface area contributed by atoms with E-state index in [1.807, 2.05) is 13.8 Å². The van der Waals surface area contributed by atoms with Gasteiger partial charge >= 0.3 is 19.9 Å². The minimum absolute atomic E-state index is 0.0123. The second kappa shape index (κ2) is 9.55. The van der Waals surface area contributed by atoms with Crippen LogP contribution in [0.3, 0.4) is 0 Å². The Bertz CT molecular complexity index is 845. The zero-order valence-corrected chi connectivity index (χ0v) is 17.6. The SMILES string of the molecule is CCCC(CCC)C(=O)Nc1ccn([C@@H]2O[C@@H]3CCO[P+](=O)O[C@H]3C2(F)F)c(=O)n1. The zero-order chi connectivity index (χ0) is 21.9. The molecule has 3 rings (SSSR count). The molecule has 0 radical (unpaired) electrons. The number of nitrogens with zero attached hydrogens (tertiary/aromatic N) is 2. The summed E-state index contributed by atoms with van der Waals surface area (Å²) in [6.45, 7) is 3.89. The number of carbonyl (C=O) groups is 1. The van der Waals surface area contributed by atoms with Gasteiger partial charge in [0.1, 0.15) is 18.5 Å². The van der Waals surface area contributed by atoms with Gasteiger partial charge < -0.3 is 10.1 Å². The van der Waals surface area contributed by atoms with E-state index in [1.54, 1.807) is 0 Å². The molecule has 1 amide bonds. The smallest absolute Gasteiger partial charge is 0.345 e. The van der Waals surface area contributed by atoms with Crippen molar-refractivity contribution in [1.82, 2.24) is 9.55 Å². The maximum absolute atomic E-state index is 14.9. The number of nitrogens with one attached hydrogen (secondary N) is 1. The number of rotatable bonds is 7. The van der Waals surface area contributed by atoms with E-state index in [-0.39, 0.29) is 30.7 Å². The van der Waals surface area contributed by atoms with Gasteiger partial charge in [0.05, 0.1) is 0 Å². The van der Waals surface area contributed by atoms with Crippen LogP contribution in [0.2, 0.25) is 0 Å². The number of alkyl halides is 2.